The van der Waals surface area contributed by atoms with E-state index in [4.69, 9.17) is 4.74 Å². The fourth-order valence-corrected chi connectivity index (χ4v) is 3.51. The molecule has 1 aliphatic carbocycles. The molecule has 0 spiro atoms. The second-order valence-corrected chi connectivity index (χ2v) is 5.95. The molecule has 0 bridgehead atoms. The van der Waals surface area contributed by atoms with Crippen molar-refractivity contribution >= 4 is 5.97 Å². The highest BCUT2D eigenvalue weighted by molar-refractivity contribution is 5.72. The lowest BCUT2D eigenvalue weighted by molar-refractivity contribution is -0.149. The Kier molecular flexibility index (Phi) is 4.06. The molecule has 0 amide bonds. The smallest absolute Gasteiger partial charge is 0.310 e. The normalized spacial score (nSPS) is 25.6. The Morgan fingerprint density at radius 2 is 2.25 bits per heavy atom. The van der Waals surface area contributed by atoms with Crippen LogP contribution in [0.2, 0.25) is 0 Å². The Morgan fingerprint density at radius 1 is 1.40 bits per heavy atom. The summed E-state index contributed by atoms with van der Waals surface area (Å²) in [5, 5.41) is 0. The minimum Gasteiger partial charge on any atom is -0.466 e. The van der Waals surface area contributed by atoms with E-state index in [1.165, 1.54) is 17.5 Å². The van der Waals surface area contributed by atoms with Gasteiger partial charge < -0.3 is 9.64 Å². The number of carbonyl (C=O) groups excluding carboxylic acids is 1. The van der Waals surface area contributed by atoms with E-state index in [0.717, 1.165) is 32.5 Å². The summed E-state index contributed by atoms with van der Waals surface area (Å²) in [5.41, 5.74) is 3.00. The summed E-state index contributed by atoms with van der Waals surface area (Å²) < 4.78 is 5.17. The molecule has 1 aromatic carbocycles. The zero-order valence-electron chi connectivity index (χ0n) is 12.2. The summed E-state index contributed by atoms with van der Waals surface area (Å²) in [6, 6.07) is 8.72. The van der Waals surface area contributed by atoms with Crippen LogP contribution in [-0.2, 0) is 16.0 Å². The molecule has 1 heterocycles. The van der Waals surface area contributed by atoms with E-state index in [2.05, 4.69) is 29.2 Å². The zero-order chi connectivity index (χ0) is 13.9. The first-order chi connectivity index (χ1) is 9.78. The number of piperidine rings is 1. The third-order valence-corrected chi connectivity index (χ3v) is 4.57. The zero-order valence-corrected chi connectivity index (χ0v) is 12.2. The number of esters is 1. The van der Waals surface area contributed by atoms with Gasteiger partial charge in [-0.05, 0) is 43.9 Å². The molecule has 1 aromatic rings. The number of hydrogen-bond donors (Lipinski definition) is 0. The number of likely N-dealkylation sites (tertiary alicyclic amines) is 1. The van der Waals surface area contributed by atoms with E-state index in [0.29, 0.717) is 12.5 Å². The van der Waals surface area contributed by atoms with Gasteiger partial charge in [-0.3, -0.25) is 4.79 Å². The van der Waals surface area contributed by atoms with Crippen LogP contribution in [0.3, 0.4) is 0 Å². The molecular weight excluding hydrogens is 250 g/mol. The molecule has 2 atom stereocenters. The third-order valence-electron chi connectivity index (χ3n) is 4.57. The van der Waals surface area contributed by atoms with Gasteiger partial charge >= 0.3 is 5.97 Å². The minimum absolute atomic E-state index is 0.00814. The van der Waals surface area contributed by atoms with E-state index in [1.54, 1.807) is 0 Å². The molecule has 20 heavy (non-hydrogen) atoms. The van der Waals surface area contributed by atoms with Crippen LogP contribution in [0.5, 0.6) is 0 Å². The van der Waals surface area contributed by atoms with Crippen LogP contribution >= 0.6 is 0 Å². The van der Waals surface area contributed by atoms with Crippen molar-refractivity contribution in [3.63, 3.8) is 0 Å². The lowest BCUT2D eigenvalue weighted by atomic mass is 9.77. The van der Waals surface area contributed by atoms with Gasteiger partial charge in [-0.25, -0.2) is 0 Å². The van der Waals surface area contributed by atoms with Gasteiger partial charge in [0.05, 0.1) is 12.5 Å². The summed E-state index contributed by atoms with van der Waals surface area (Å²) in [6.07, 6.45) is 3.28. The number of hydrogen-bond acceptors (Lipinski definition) is 3. The van der Waals surface area contributed by atoms with Crippen LogP contribution in [0.4, 0.5) is 0 Å². The highest BCUT2D eigenvalue weighted by Gasteiger charge is 2.31. The largest absolute Gasteiger partial charge is 0.466 e. The number of benzene rings is 1. The first-order valence-electron chi connectivity index (χ1n) is 7.74. The summed E-state index contributed by atoms with van der Waals surface area (Å²) in [4.78, 5) is 14.3. The van der Waals surface area contributed by atoms with E-state index in [9.17, 15) is 4.79 Å². The Morgan fingerprint density at radius 3 is 3.05 bits per heavy atom. The number of carbonyl (C=O) groups is 1. The standard InChI is InChI=1S/C17H23NO2/c1-2-20-17(19)14-7-5-9-18(11-14)12-15-10-13-6-3-4-8-16(13)15/h3-4,6,8,14-15H,2,5,7,9-12H2,1H3. The van der Waals surface area contributed by atoms with Gasteiger partial charge in [0.15, 0.2) is 0 Å². The van der Waals surface area contributed by atoms with Crippen molar-refractivity contribution in [2.45, 2.75) is 32.1 Å². The molecule has 0 saturated carbocycles. The number of nitrogens with zero attached hydrogens (tertiary/aromatic N) is 1. The highest BCUT2D eigenvalue weighted by atomic mass is 16.5. The fourth-order valence-electron chi connectivity index (χ4n) is 3.51. The molecule has 0 radical (unpaired) electrons. The van der Waals surface area contributed by atoms with Crippen LogP contribution in [0.15, 0.2) is 24.3 Å². The molecular formula is C17H23NO2. The number of fused-ring (bicyclic) bond motifs is 1. The average Bonchev–Trinajstić information content (AvgIpc) is 2.45. The quantitative estimate of drug-likeness (QED) is 0.790. The third kappa shape index (κ3) is 2.73. The Balaban J connectivity index is 1.55. The molecule has 2 aliphatic rings. The molecule has 1 fully saturated rings. The molecule has 1 saturated heterocycles. The molecule has 3 heteroatoms. The molecule has 1 aliphatic heterocycles. The van der Waals surface area contributed by atoms with E-state index < -0.39 is 0 Å². The van der Waals surface area contributed by atoms with Gasteiger partial charge in [0.1, 0.15) is 0 Å². The Labute approximate surface area is 120 Å². The summed E-state index contributed by atoms with van der Waals surface area (Å²) in [5.74, 6) is 0.734. The summed E-state index contributed by atoms with van der Waals surface area (Å²) in [6.45, 7) is 5.45. The lowest BCUT2D eigenvalue weighted by Gasteiger charge is -2.38. The Bertz CT molecular complexity index is 486. The van der Waals surface area contributed by atoms with Crippen LogP contribution in [0.1, 0.15) is 36.8 Å². The van der Waals surface area contributed by atoms with Crippen molar-refractivity contribution in [2.75, 3.05) is 26.2 Å². The number of ether oxygens (including phenoxy) is 1. The fraction of sp³-hybridized carbons (Fsp3) is 0.588. The predicted molar refractivity (Wildman–Crippen MR) is 78.7 cm³/mol. The van der Waals surface area contributed by atoms with Crippen molar-refractivity contribution in [3.8, 4) is 0 Å². The molecule has 3 rings (SSSR count). The second kappa shape index (κ2) is 5.96. The van der Waals surface area contributed by atoms with E-state index in [1.807, 2.05) is 6.92 Å². The van der Waals surface area contributed by atoms with Gasteiger partial charge in [0.25, 0.3) is 0 Å². The summed E-state index contributed by atoms with van der Waals surface area (Å²) in [7, 11) is 0. The second-order valence-electron chi connectivity index (χ2n) is 5.95. The minimum atomic E-state index is -0.00814. The molecule has 0 aromatic heterocycles. The molecule has 108 valence electrons. The van der Waals surface area contributed by atoms with Gasteiger partial charge in [-0.2, -0.15) is 0 Å². The maximum atomic E-state index is 11.9. The van der Waals surface area contributed by atoms with Crippen LogP contribution in [-0.4, -0.2) is 37.1 Å². The van der Waals surface area contributed by atoms with E-state index >= 15 is 0 Å². The SMILES string of the molecule is CCOC(=O)C1CCCN(CC2Cc3ccccc32)C1. The molecule has 3 nitrogen and oxygen atoms in total. The van der Waals surface area contributed by atoms with Crippen LogP contribution in [0.25, 0.3) is 0 Å². The van der Waals surface area contributed by atoms with Crippen molar-refractivity contribution in [3.05, 3.63) is 35.4 Å². The van der Waals surface area contributed by atoms with Gasteiger partial charge in [0, 0.05) is 19.0 Å². The van der Waals surface area contributed by atoms with Crippen LogP contribution < -0.4 is 0 Å². The monoisotopic (exact) mass is 273 g/mol. The van der Waals surface area contributed by atoms with Crippen LogP contribution in [0, 0.1) is 5.92 Å². The number of rotatable bonds is 4. The summed E-state index contributed by atoms with van der Waals surface area (Å²) >= 11 is 0. The topological polar surface area (TPSA) is 29.5 Å². The van der Waals surface area contributed by atoms with Gasteiger partial charge in [-0.1, -0.05) is 24.3 Å². The van der Waals surface area contributed by atoms with Crippen molar-refractivity contribution in [1.29, 1.82) is 0 Å². The first-order valence-corrected chi connectivity index (χ1v) is 7.74. The maximum Gasteiger partial charge on any atom is 0.310 e. The van der Waals surface area contributed by atoms with Crippen molar-refractivity contribution < 1.29 is 9.53 Å². The first kappa shape index (κ1) is 13.6. The maximum absolute atomic E-state index is 11.9. The van der Waals surface area contributed by atoms with Gasteiger partial charge in [-0.15, -0.1) is 0 Å². The van der Waals surface area contributed by atoms with Crippen molar-refractivity contribution in [1.82, 2.24) is 4.90 Å². The van der Waals surface area contributed by atoms with Crippen molar-refractivity contribution in [2.24, 2.45) is 5.92 Å². The van der Waals surface area contributed by atoms with E-state index in [-0.39, 0.29) is 11.9 Å². The molecule has 2 unspecified atom stereocenters. The Hall–Kier alpha value is -1.35. The average molecular weight is 273 g/mol. The molecule has 0 N–H and O–H groups in total. The van der Waals surface area contributed by atoms with Gasteiger partial charge in [0.2, 0.25) is 0 Å². The lowest BCUT2D eigenvalue weighted by Crippen LogP contribution is -2.42. The predicted octanol–water partition coefficient (Wildman–Crippen LogP) is 2.60. The highest BCUT2D eigenvalue weighted by Crippen LogP contribution is 2.36.